The van der Waals surface area contributed by atoms with E-state index in [0.29, 0.717) is 23.3 Å². The predicted octanol–water partition coefficient (Wildman–Crippen LogP) is 1.08. The van der Waals surface area contributed by atoms with Gasteiger partial charge in [-0.3, -0.25) is 0 Å². The van der Waals surface area contributed by atoms with Crippen LogP contribution in [0.3, 0.4) is 0 Å². The van der Waals surface area contributed by atoms with Crippen LogP contribution in [0.5, 0.6) is 0 Å². The van der Waals surface area contributed by atoms with Crippen molar-refractivity contribution in [1.82, 2.24) is 15.0 Å². The molecule has 2 atom stereocenters. The third-order valence-electron chi connectivity index (χ3n) is 2.72. The van der Waals surface area contributed by atoms with Crippen molar-refractivity contribution in [2.75, 3.05) is 25.3 Å². The second-order valence-electron chi connectivity index (χ2n) is 4.51. The third-order valence-corrected chi connectivity index (χ3v) is 3.43. The maximum Gasteiger partial charge on any atom is 0.343 e. The lowest BCUT2D eigenvalue weighted by molar-refractivity contribution is 0.190. The van der Waals surface area contributed by atoms with Gasteiger partial charge in [-0.25, -0.2) is 4.98 Å². The van der Waals surface area contributed by atoms with E-state index >= 15 is 0 Å². The summed E-state index contributed by atoms with van der Waals surface area (Å²) >= 11 is -1.28. The molecule has 0 aliphatic heterocycles. The van der Waals surface area contributed by atoms with Crippen LogP contribution in [-0.4, -0.2) is 45.5 Å². The number of rotatable bonds is 5. The van der Waals surface area contributed by atoms with Crippen molar-refractivity contribution in [3.8, 4) is 6.07 Å². The number of aromatic nitrogens is 3. The number of anilines is 1. The molecule has 0 aromatic carbocycles. The van der Waals surface area contributed by atoms with E-state index in [0.717, 1.165) is 0 Å². The summed E-state index contributed by atoms with van der Waals surface area (Å²) < 4.78 is 16.6. The Labute approximate surface area is 125 Å². The zero-order valence-electron chi connectivity index (χ0n) is 12.0. The van der Waals surface area contributed by atoms with Crippen LogP contribution >= 0.6 is 0 Å². The van der Waals surface area contributed by atoms with Crippen LogP contribution in [0.2, 0.25) is 0 Å². The molecule has 7 nitrogen and oxygen atoms in total. The monoisotopic (exact) mass is 305 g/mol. The van der Waals surface area contributed by atoms with Gasteiger partial charge in [-0.05, 0) is 13.0 Å². The lowest BCUT2D eigenvalue weighted by Gasteiger charge is -2.15. The summed E-state index contributed by atoms with van der Waals surface area (Å²) in [7, 11) is 1.61. The average molecular weight is 305 g/mol. The number of nitrogens with zero attached hydrogens (tertiary/aromatic N) is 4. The average Bonchev–Trinajstić information content (AvgIpc) is 2.46. The molecule has 0 aliphatic rings. The zero-order valence-corrected chi connectivity index (χ0v) is 12.8. The molecule has 0 saturated carbocycles. The van der Waals surface area contributed by atoms with Crippen molar-refractivity contribution < 1.29 is 9.29 Å². The Hall–Kier alpha value is -1.95. The summed E-state index contributed by atoms with van der Waals surface area (Å²) in [6, 6.07) is 3.60. The molecule has 110 valence electrons. The molecule has 0 radical (unpaired) electrons. The first kappa shape index (κ1) is 15.4. The highest BCUT2D eigenvalue weighted by atomic mass is 32.2. The molecule has 2 heterocycles. The molecule has 0 bridgehead atoms. The number of nitriles is 1. The fraction of sp³-hybridized carbons (Fsp3) is 0.385. The number of methoxy groups -OCH3 is 1. The Balaban J connectivity index is 2.53. The van der Waals surface area contributed by atoms with Gasteiger partial charge in [0.2, 0.25) is 0 Å². The Morgan fingerprint density at radius 2 is 2.29 bits per heavy atom. The third kappa shape index (κ3) is 3.58. The van der Waals surface area contributed by atoms with Crippen molar-refractivity contribution in [3.05, 3.63) is 18.0 Å². The van der Waals surface area contributed by atoms with Gasteiger partial charge < -0.3 is 14.6 Å². The summed E-state index contributed by atoms with van der Waals surface area (Å²) in [6.07, 6.45) is 3.06. The number of hydrogen-bond acceptors (Lipinski definition) is 7. The highest BCUT2D eigenvalue weighted by molar-refractivity contribution is 7.90. The van der Waals surface area contributed by atoms with E-state index in [9.17, 15) is 4.55 Å². The Morgan fingerprint density at radius 1 is 1.52 bits per heavy atom. The van der Waals surface area contributed by atoms with Gasteiger partial charge in [0.05, 0.1) is 6.61 Å². The molecule has 2 aromatic rings. The van der Waals surface area contributed by atoms with Gasteiger partial charge in [-0.2, -0.15) is 15.2 Å². The van der Waals surface area contributed by atoms with Crippen molar-refractivity contribution in [2.45, 2.75) is 18.1 Å². The molecule has 2 aromatic heterocycles. The van der Waals surface area contributed by atoms with Crippen LogP contribution in [0, 0.1) is 11.3 Å². The minimum Gasteiger partial charge on any atom is -0.609 e. The first-order valence-electron chi connectivity index (χ1n) is 6.22. The molecular weight excluding hydrogens is 290 g/mol. The van der Waals surface area contributed by atoms with Gasteiger partial charge in [0.15, 0.2) is 5.82 Å². The van der Waals surface area contributed by atoms with Crippen LogP contribution < -0.4 is 5.32 Å². The van der Waals surface area contributed by atoms with E-state index in [1.165, 1.54) is 6.26 Å². The topological polar surface area (TPSA) is 107 Å². The molecule has 21 heavy (non-hydrogen) atoms. The van der Waals surface area contributed by atoms with Gasteiger partial charge >= 0.3 is 5.16 Å². The number of nitrogens with one attached hydrogen (secondary N) is 1. The molecule has 0 amide bonds. The first-order chi connectivity index (χ1) is 10.0. The van der Waals surface area contributed by atoms with Gasteiger partial charge in [-0.15, -0.1) is 0 Å². The van der Waals surface area contributed by atoms with Gasteiger partial charge in [0.25, 0.3) is 0 Å². The van der Waals surface area contributed by atoms with Crippen molar-refractivity contribution in [1.29, 1.82) is 5.26 Å². The highest BCUT2D eigenvalue weighted by Crippen LogP contribution is 2.22. The van der Waals surface area contributed by atoms with Crippen LogP contribution in [0.4, 0.5) is 5.82 Å². The van der Waals surface area contributed by atoms with Gasteiger partial charge in [-0.1, -0.05) is 0 Å². The summed E-state index contributed by atoms with van der Waals surface area (Å²) in [5.41, 5.74) is 0.806. The van der Waals surface area contributed by atoms with E-state index in [4.69, 9.17) is 10.00 Å². The summed E-state index contributed by atoms with van der Waals surface area (Å²) in [5, 5.41) is 13.1. The Morgan fingerprint density at radius 3 is 2.90 bits per heavy atom. The lowest BCUT2D eigenvalue weighted by atomic mass is 10.2. The zero-order chi connectivity index (χ0) is 15.4. The van der Waals surface area contributed by atoms with Gasteiger partial charge in [0, 0.05) is 35.9 Å². The SMILES string of the molecule is COCC(C)Nc1nc(C#N)cc2cnc([S+](C)[O-])nc12. The van der Waals surface area contributed by atoms with Crippen LogP contribution in [0.1, 0.15) is 12.6 Å². The normalized spacial score (nSPS) is 13.7. The lowest BCUT2D eigenvalue weighted by Crippen LogP contribution is -2.22. The molecular formula is C13H15N5O2S. The van der Waals surface area contributed by atoms with Crippen molar-refractivity contribution in [3.63, 3.8) is 0 Å². The molecule has 2 rings (SSSR count). The number of ether oxygens (including phenoxy) is 1. The minimum atomic E-state index is -1.28. The van der Waals surface area contributed by atoms with Crippen molar-refractivity contribution >= 4 is 27.9 Å². The van der Waals surface area contributed by atoms with E-state index in [-0.39, 0.29) is 16.9 Å². The first-order valence-corrected chi connectivity index (χ1v) is 7.77. The van der Waals surface area contributed by atoms with E-state index < -0.39 is 11.2 Å². The standard InChI is InChI=1S/C13H15N5O2S/c1-8(7-20-2)16-12-11-9(4-10(5-14)17-12)6-15-13(18-11)21(3)19/h4,6,8H,7H2,1-3H3,(H,16,17). The fourth-order valence-electron chi connectivity index (χ4n) is 1.84. The summed E-state index contributed by atoms with van der Waals surface area (Å²) in [6.45, 7) is 2.41. The fourth-order valence-corrected chi connectivity index (χ4v) is 2.27. The summed E-state index contributed by atoms with van der Waals surface area (Å²) in [4.78, 5) is 12.5. The molecule has 2 unspecified atom stereocenters. The van der Waals surface area contributed by atoms with Crippen molar-refractivity contribution in [2.24, 2.45) is 0 Å². The highest BCUT2D eigenvalue weighted by Gasteiger charge is 2.15. The molecule has 0 saturated heterocycles. The van der Waals surface area contributed by atoms with Crippen LogP contribution in [-0.2, 0) is 15.9 Å². The predicted molar refractivity (Wildman–Crippen MR) is 79.3 cm³/mol. The second kappa shape index (κ2) is 6.67. The van der Waals surface area contributed by atoms with E-state index in [2.05, 4.69) is 20.3 Å². The Bertz CT molecular complexity index is 686. The smallest absolute Gasteiger partial charge is 0.343 e. The second-order valence-corrected chi connectivity index (χ2v) is 5.79. The number of pyridine rings is 1. The van der Waals surface area contributed by atoms with Crippen LogP contribution in [0.15, 0.2) is 17.4 Å². The quantitative estimate of drug-likeness (QED) is 0.650. The van der Waals surface area contributed by atoms with E-state index in [1.807, 2.05) is 13.0 Å². The maximum absolute atomic E-state index is 11.5. The van der Waals surface area contributed by atoms with Crippen LogP contribution in [0.25, 0.3) is 10.9 Å². The number of fused-ring (bicyclic) bond motifs is 1. The summed E-state index contributed by atoms with van der Waals surface area (Å²) in [5.74, 6) is 0.461. The van der Waals surface area contributed by atoms with Gasteiger partial charge in [0.1, 0.15) is 23.5 Å². The largest absolute Gasteiger partial charge is 0.609 e. The molecule has 0 aliphatic carbocycles. The molecule has 0 spiro atoms. The maximum atomic E-state index is 11.5. The minimum absolute atomic E-state index is 0.00909. The molecule has 1 N–H and O–H groups in total. The Kier molecular flexibility index (Phi) is 4.90. The number of hydrogen-bond donors (Lipinski definition) is 1. The molecule has 8 heteroatoms. The molecule has 0 fully saturated rings. The van der Waals surface area contributed by atoms with E-state index in [1.54, 1.807) is 19.4 Å².